The molecular weight excluding hydrogens is 413 g/mol. The summed E-state index contributed by atoms with van der Waals surface area (Å²) in [4.78, 5) is 7.00. The topological polar surface area (TPSA) is 45.5 Å². The van der Waals surface area contributed by atoms with Gasteiger partial charge in [0, 0.05) is 45.6 Å². The molecule has 1 aliphatic carbocycles. The lowest BCUT2D eigenvalue weighted by Crippen LogP contribution is -2.43. The molecule has 0 amide bonds. The third-order valence-corrected chi connectivity index (χ3v) is 5.53. The van der Waals surface area contributed by atoms with Gasteiger partial charge < -0.3 is 10.2 Å². The Bertz CT molecular complexity index is 507. The van der Waals surface area contributed by atoms with Crippen molar-refractivity contribution in [2.75, 3.05) is 26.7 Å². The van der Waals surface area contributed by atoms with Crippen molar-refractivity contribution in [1.82, 2.24) is 20.0 Å². The highest BCUT2D eigenvalue weighted by Gasteiger charge is 2.39. The average molecular weight is 445 g/mol. The summed E-state index contributed by atoms with van der Waals surface area (Å²) in [5.74, 6) is 1.61. The predicted molar refractivity (Wildman–Crippen MR) is 110 cm³/mol. The summed E-state index contributed by atoms with van der Waals surface area (Å²) < 4.78 is 2.00. The van der Waals surface area contributed by atoms with Crippen LogP contribution in [0, 0.1) is 11.3 Å². The van der Waals surface area contributed by atoms with Crippen molar-refractivity contribution >= 4 is 29.9 Å². The summed E-state index contributed by atoms with van der Waals surface area (Å²) in [6.07, 6.45) is 12.3. The van der Waals surface area contributed by atoms with Gasteiger partial charge in [-0.2, -0.15) is 5.10 Å². The van der Waals surface area contributed by atoms with E-state index < -0.39 is 0 Å². The Kier molecular flexibility index (Phi) is 7.37. The number of likely N-dealkylation sites (tertiary alicyclic amines) is 1. The van der Waals surface area contributed by atoms with Gasteiger partial charge in [-0.15, -0.1) is 24.0 Å². The molecule has 2 heterocycles. The minimum Gasteiger partial charge on any atom is -0.356 e. The molecule has 5 nitrogen and oxygen atoms in total. The Morgan fingerprint density at radius 2 is 2.08 bits per heavy atom. The minimum absolute atomic E-state index is 0. The molecule has 2 fully saturated rings. The van der Waals surface area contributed by atoms with Gasteiger partial charge in [-0.05, 0) is 36.7 Å². The van der Waals surface area contributed by atoms with Crippen LogP contribution in [0.1, 0.15) is 45.4 Å². The zero-order chi connectivity index (χ0) is 16.1. The van der Waals surface area contributed by atoms with Gasteiger partial charge in [0.1, 0.15) is 0 Å². The van der Waals surface area contributed by atoms with Crippen molar-refractivity contribution in [3.8, 4) is 0 Å². The number of hydrogen-bond acceptors (Lipinski definition) is 2. The Morgan fingerprint density at radius 3 is 2.75 bits per heavy atom. The molecule has 1 unspecified atom stereocenters. The van der Waals surface area contributed by atoms with E-state index in [1.54, 1.807) is 0 Å². The number of rotatable bonds is 4. The molecule has 2 aliphatic rings. The minimum atomic E-state index is 0. The molecule has 1 N–H and O–H groups in total. The smallest absolute Gasteiger partial charge is 0.193 e. The fourth-order valence-corrected chi connectivity index (χ4v) is 4.22. The first kappa shape index (κ1) is 19.5. The van der Waals surface area contributed by atoms with E-state index in [0.29, 0.717) is 11.3 Å². The summed E-state index contributed by atoms with van der Waals surface area (Å²) in [5.41, 5.74) is 0.580. The van der Waals surface area contributed by atoms with E-state index in [9.17, 15) is 0 Å². The van der Waals surface area contributed by atoms with E-state index in [-0.39, 0.29) is 24.0 Å². The molecular formula is C18H32IN5. The van der Waals surface area contributed by atoms with Crippen LogP contribution >= 0.6 is 24.0 Å². The highest BCUT2D eigenvalue weighted by atomic mass is 127. The van der Waals surface area contributed by atoms with Crippen molar-refractivity contribution in [3.63, 3.8) is 0 Å². The van der Waals surface area contributed by atoms with Gasteiger partial charge in [0.15, 0.2) is 5.96 Å². The van der Waals surface area contributed by atoms with Crippen LogP contribution in [0.25, 0.3) is 0 Å². The second-order valence-corrected chi connectivity index (χ2v) is 7.49. The maximum Gasteiger partial charge on any atom is 0.193 e. The second kappa shape index (κ2) is 9.06. The van der Waals surface area contributed by atoms with Crippen LogP contribution in [-0.2, 0) is 6.54 Å². The molecule has 1 atom stereocenters. The fourth-order valence-electron chi connectivity index (χ4n) is 4.22. The number of guanidine groups is 1. The Morgan fingerprint density at radius 1 is 1.29 bits per heavy atom. The Hall–Kier alpha value is -0.790. The third-order valence-electron chi connectivity index (χ3n) is 5.53. The van der Waals surface area contributed by atoms with Gasteiger partial charge in [-0.3, -0.25) is 9.67 Å². The number of halogens is 1. The number of hydrogen-bond donors (Lipinski definition) is 1. The third kappa shape index (κ3) is 4.86. The quantitative estimate of drug-likeness (QED) is 0.439. The molecule has 1 aromatic heterocycles. The van der Waals surface area contributed by atoms with Crippen molar-refractivity contribution < 1.29 is 0 Å². The molecule has 1 saturated heterocycles. The summed E-state index contributed by atoms with van der Waals surface area (Å²) in [6, 6.07) is 1.98. The lowest BCUT2D eigenvalue weighted by Gasteiger charge is -2.33. The lowest BCUT2D eigenvalue weighted by atomic mass is 9.73. The number of aliphatic imine (C=N–C) groups is 1. The Balaban J connectivity index is 0.00000208. The Labute approximate surface area is 163 Å². The maximum absolute atomic E-state index is 4.53. The molecule has 136 valence electrons. The molecule has 3 rings (SSSR count). The molecule has 6 heteroatoms. The van der Waals surface area contributed by atoms with Crippen LogP contribution in [0.4, 0.5) is 0 Å². The van der Waals surface area contributed by atoms with Crippen LogP contribution in [0.5, 0.6) is 0 Å². The molecule has 1 spiro atoms. The van der Waals surface area contributed by atoms with Gasteiger partial charge >= 0.3 is 0 Å². The van der Waals surface area contributed by atoms with Crippen LogP contribution in [0.3, 0.4) is 0 Å². The SMILES string of the molecule is CN=C(NCC(C)Cn1cccn1)N1CCC2(CCCCC2)C1.I. The largest absolute Gasteiger partial charge is 0.356 e. The van der Waals surface area contributed by atoms with Crippen molar-refractivity contribution in [3.05, 3.63) is 18.5 Å². The molecule has 0 aromatic carbocycles. The van der Waals surface area contributed by atoms with Gasteiger partial charge in [0.25, 0.3) is 0 Å². The molecule has 1 aromatic rings. The van der Waals surface area contributed by atoms with E-state index >= 15 is 0 Å². The van der Waals surface area contributed by atoms with E-state index in [0.717, 1.165) is 25.6 Å². The van der Waals surface area contributed by atoms with Gasteiger partial charge in [-0.25, -0.2) is 0 Å². The molecule has 1 saturated carbocycles. The summed E-state index contributed by atoms with van der Waals surface area (Å²) in [7, 11) is 1.91. The highest BCUT2D eigenvalue weighted by molar-refractivity contribution is 14.0. The van der Waals surface area contributed by atoms with Gasteiger partial charge in [0.2, 0.25) is 0 Å². The van der Waals surface area contributed by atoms with Crippen molar-refractivity contribution in [2.24, 2.45) is 16.3 Å². The van der Waals surface area contributed by atoms with Crippen molar-refractivity contribution in [1.29, 1.82) is 0 Å². The standard InChI is InChI=1S/C18H31N5.HI/c1-16(14-23-11-6-10-21-23)13-20-17(19-2)22-12-9-18(15-22)7-4-3-5-8-18;/h6,10-11,16H,3-5,7-9,12-15H2,1-2H3,(H,19,20);1H. The van der Waals surface area contributed by atoms with Gasteiger partial charge in [-0.1, -0.05) is 26.2 Å². The van der Waals surface area contributed by atoms with Crippen molar-refractivity contribution in [2.45, 2.75) is 52.0 Å². The van der Waals surface area contributed by atoms with E-state index in [4.69, 9.17) is 0 Å². The van der Waals surface area contributed by atoms with E-state index in [2.05, 4.69) is 27.2 Å². The summed E-state index contributed by atoms with van der Waals surface area (Å²) >= 11 is 0. The zero-order valence-electron chi connectivity index (χ0n) is 15.1. The molecule has 1 aliphatic heterocycles. The first-order valence-electron chi connectivity index (χ1n) is 9.14. The van der Waals surface area contributed by atoms with Crippen LogP contribution in [0.15, 0.2) is 23.5 Å². The van der Waals surface area contributed by atoms with Crippen LogP contribution in [-0.4, -0.2) is 47.3 Å². The highest BCUT2D eigenvalue weighted by Crippen LogP contribution is 2.43. The first-order chi connectivity index (χ1) is 11.2. The first-order valence-corrected chi connectivity index (χ1v) is 9.14. The molecule has 0 radical (unpaired) electrons. The summed E-state index contributed by atoms with van der Waals surface area (Å²) in [5, 5.41) is 7.87. The number of nitrogens with zero attached hydrogens (tertiary/aromatic N) is 4. The normalized spacial score (nSPS) is 21.6. The van der Waals surface area contributed by atoms with Crippen LogP contribution < -0.4 is 5.32 Å². The number of aromatic nitrogens is 2. The lowest BCUT2D eigenvalue weighted by molar-refractivity contribution is 0.203. The monoisotopic (exact) mass is 445 g/mol. The number of nitrogens with one attached hydrogen (secondary N) is 1. The van der Waals surface area contributed by atoms with E-state index in [1.807, 2.05) is 30.2 Å². The van der Waals surface area contributed by atoms with Crippen LogP contribution in [0.2, 0.25) is 0 Å². The predicted octanol–water partition coefficient (Wildman–Crippen LogP) is 3.37. The zero-order valence-corrected chi connectivity index (χ0v) is 17.4. The average Bonchev–Trinajstić information content (AvgIpc) is 3.20. The van der Waals surface area contributed by atoms with E-state index in [1.165, 1.54) is 45.1 Å². The maximum atomic E-state index is 4.53. The van der Waals surface area contributed by atoms with Gasteiger partial charge in [0.05, 0.1) is 0 Å². The summed E-state index contributed by atoms with van der Waals surface area (Å²) in [6.45, 7) is 6.50. The molecule has 24 heavy (non-hydrogen) atoms. The molecule has 0 bridgehead atoms. The fraction of sp³-hybridized carbons (Fsp3) is 0.778. The second-order valence-electron chi connectivity index (χ2n) is 7.49.